The number of hydrogen-bond donors (Lipinski definition) is 1. The van der Waals surface area contributed by atoms with Gasteiger partial charge in [-0.3, -0.25) is 0 Å². The minimum absolute atomic E-state index is 0.309. The van der Waals surface area contributed by atoms with Crippen LogP contribution in [0.25, 0.3) is 10.2 Å². The number of hydrogen-bond acceptors (Lipinski definition) is 6. The lowest BCUT2D eigenvalue weighted by Gasteiger charge is -2.02. The van der Waals surface area contributed by atoms with Gasteiger partial charge in [0.25, 0.3) is 0 Å². The topological polar surface area (TPSA) is 64.7 Å². The molecule has 3 rings (SSSR count). The van der Waals surface area contributed by atoms with Gasteiger partial charge in [-0.25, -0.2) is 19.3 Å². The molecule has 0 aliphatic rings. The van der Waals surface area contributed by atoms with E-state index in [1.54, 1.807) is 6.07 Å². The van der Waals surface area contributed by atoms with Crippen molar-refractivity contribution in [1.82, 2.24) is 15.0 Å². The Morgan fingerprint density at radius 3 is 3.00 bits per heavy atom. The number of benzene rings is 1. The van der Waals surface area contributed by atoms with Crippen LogP contribution in [0.4, 0.5) is 10.1 Å². The molecule has 0 fully saturated rings. The number of aromatic nitrogens is 3. The molecule has 3 aromatic rings. The molecule has 0 saturated heterocycles. The summed E-state index contributed by atoms with van der Waals surface area (Å²) in [6.45, 7) is 1.86. The summed E-state index contributed by atoms with van der Waals surface area (Å²) in [6.07, 6.45) is 1.92. The first-order valence-corrected chi connectivity index (χ1v) is 7.64. The summed E-state index contributed by atoms with van der Waals surface area (Å²) < 4.78 is 15.8. The van der Waals surface area contributed by atoms with E-state index in [0.29, 0.717) is 22.8 Å². The number of anilines is 1. The van der Waals surface area contributed by atoms with Crippen LogP contribution in [-0.4, -0.2) is 15.0 Å². The Morgan fingerprint density at radius 2 is 2.20 bits per heavy atom. The molecule has 2 N–H and O–H groups in total. The van der Waals surface area contributed by atoms with Crippen LogP contribution < -0.4 is 5.73 Å². The zero-order valence-electron chi connectivity index (χ0n) is 10.6. The van der Waals surface area contributed by atoms with Crippen LogP contribution >= 0.6 is 23.1 Å². The largest absolute Gasteiger partial charge is 0.399 e. The molecule has 0 bridgehead atoms. The van der Waals surface area contributed by atoms with E-state index in [0.717, 1.165) is 14.6 Å². The van der Waals surface area contributed by atoms with Crippen molar-refractivity contribution in [2.24, 2.45) is 0 Å². The Balaban J connectivity index is 1.97. The summed E-state index contributed by atoms with van der Waals surface area (Å²) in [5.74, 6) is -0.362. The smallest absolute Gasteiger partial charge is 0.177 e. The maximum Gasteiger partial charge on any atom is 0.177 e. The van der Waals surface area contributed by atoms with Crippen molar-refractivity contribution >= 4 is 39.0 Å². The lowest BCUT2D eigenvalue weighted by Crippen LogP contribution is -1.97. The van der Waals surface area contributed by atoms with Crippen molar-refractivity contribution in [2.75, 3.05) is 5.73 Å². The number of thiazole rings is 1. The van der Waals surface area contributed by atoms with Gasteiger partial charge in [0.1, 0.15) is 11.4 Å². The van der Waals surface area contributed by atoms with Gasteiger partial charge in [0.15, 0.2) is 10.2 Å². The average Bonchev–Trinajstić information content (AvgIpc) is 2.82. The predicted octanol–water partition coefficient (Wildman–Crippen LogP) is 3.52. The van der Waals surface area contributed by atoms with Gasteiger partial charge >= 0.3 is 0 Å². The molecule has 0 radical (unpaired) electrons. The van der Waals surface area contributed by atoms with E-state index in [2.05, 4.69) is 15.0 Å². The van der Waals surface area contributed by atoms with Crippen LogP contribution in [0, 0.1) is 5.82 Å². The average molecular weight is 306 g/mol. The minimum atomic E-state index is -0.362. The molecule has 102 valence electrons. The summed E-state index contributed by atoms with van der Waals surface area (Å²) >= 11 is 2.69. The van der Waals surface area contributed by atoms with Crippen molar-refractivity contribution in [3.8, 4) is 0 Å². The highest BCUT2D eigenvalue weighted by Gasteiger charge is 2.13. The van der Waals surface area contributed by atoms with Gasteiger partial charge in [-0.05, 0) is 36.4 Å². The van der Waals surface area contributed by atoms with E-state index in [-0.39, 0.29) is 5.82 Å². The van der Waals surface area contributed by atoms with Crippen molar-refractivity contribution in [1.29, 1.82) is 0 Å². The Bertz CT molecular complexity index is 772. The quantitative estimate of drug-likeness (QED) is 0.592. The minimum Gasteiger partial charge on any atom is -0.399 e. The molecule has 0 aliphatic carbocycles. The first-order valence-electron chi connectivity index (χ1n) is 6.00. The summed E-state index contributed by atoms with van der Waals surface area (Å²) in [7, 11) is 0. The second-order valence-electron chi connectivity index (χ2n) is 4.10. The van der Waals surface area contributed by atoms with Crippen molar-refractivity contribution in [3.05, 3.63) is 36.0 Å². The molecule has 0 aliphatic heterocycles. The van der Waals surface area contributed by atoms with E-state index in [9.17, 15) is 4.39 Å². The van der Waals surface area contributed by atoms with E-state index in [1.807, 2.05) is 19.1 Å². The van der Waals surface area contributed by atoms with Crippen LogP contribution in [-0.2, 0) is 6.42 Å². The summed E-state index contributed by atoms with van der Waals surface area (Å²) in [4.78, 5) is 12.4. The van der Waals surface area contributed by atoms with Crippen molar-refractivity contribution in [3.63, 3.8) is 0 Å². The van der Waals surface area contributed by atoms with Crippen LogP contribution in [0.5, 0.6) is 0 Å². The lowest BCUT2D eigenvalue weighted by molar-refractivity contribution is 0.559. The van der Waals surface area contributed by atoms with Crippen molar-refractivity contribution in [2.45, 2.75) is 22.7 Å². The van der Waals surface area contributed by atoms with Gasteiger partial charge in [-0.15, -0.1) is 11.3 Å². The predicted molar refractivity (Wildman–Crippen MR) is 79.5 cm³/mol. The number of halogens is 1. The molecule has 0 atom stereocenters. The number of nitrogens with zero attached hydrogens (tertiary/aromatic N) is 3. The molecule has 0 spiro atoms. The third kappa shape index (κ3) is 2.46. The summed E-state index contributed by atoms with van der Waals surface area (Å²) in [5.41, 5.74) is 7.72. The van der Waals surface area contributed by atoms with Gasteiger partial charge < -0.3 is 5.73 Å². The number of nitrogens with two attached hydrogens (primary N) is 1. The van der Waals surface area contributed by atoms with Crippen LogP contribution in [0.3, 0.4) is 0 Å². The fraction of sp³-hybridized carbons (Fsp3) is 0.154. The molecule has 0 saturated carbocycles. The second-order valence-corrected chi connectivity index (χ2v) is 6.37. The van der Waals surface area contributed by atoms with Gasteiger partial charge in [0.2, 0.25) is 0 Å². The molecular formula is C13H11FN4S2. The monoisotopic (exact) mass is 306 g/mol. The number of nitrogen functional groups attached to an aromatic ring is 1. The Hall–Kier alpha value is -1.73. The fourth-order valence-electron chi connectivity index (χ4n) is 1.75. The molecule has 7 heteroatoms. The van der Waals surface area contributed by atoms with E-state index >= 15 is 0 Å². The van der Waals surface area contributed by atoms with Crippen molar-refractivity contribution < 1.29 is 4.39 Å². The zero-order valence-corrected chi connectivity index (χ0v) is 12.3. The maximum atomic E-state index is 14.1. The third-order valence-electron chi connectivity index (χ3n) is 2.74. The highest BCUT2D eigenvalue weighted by molar-refractivity contribution is 8.01. The number of aryl methyl sites for hydroxylation is 1. The van der Waals surface area contributed by atoms with E-state index in [1.165, 1.54) is 29.4 Å². The second kappa shape index (κ2) is 5.34. The lowest BCUT2D eigenvalue weighted by atomic mass is 10.3. The Labute approximate surface area is 123 Å². The molecule has 2 aromatic heterocycles. The Kier molecular flexibility index (Phi) is 3.54. The molecule has 0 amide bonds. The highest BCUT2D eigenvalue weighted by Crippen LogP contribution is 2.35. The summed E-state index contributed by atoms with van der Waals surface area (Å²) in [6, 6.07) is 5.53. The SMILES string of the molecule is CCc1ncnc(Sc2nc3ccc(N)cc3s2)c1F. The highest BCUT2D eigenvalue weighted by atomic mass is 32.2. The van der Waals surface area contributed by atoms with E-state index in [4.69, 9.17) is 5.73 Å². The maximum absolute atomic E-state index is 14.1. The van der Waals surface area contributed by atoms with Gasteiger partial charge in [0, 0.05) is 5.69 Å². The van der Waals surface area contributed by atoms with Gasteiger partial charge in [0.05, 0.1) is 15.9 Å². The normalized spacial score (nSPS) is 11.1. The van der Waals surface area contributed by atoms with E-state index < -0.39 is 0 Å². The molecule has 0 unspecified atom stereocenters. The fourth-order valence-corrected chi connectivity index (χ4v) is 3.79. The first-order chi connectivity index (χ1) is 9.67. The summed E-state index contributed by atoms with van der Waals surface area (Å²) in [5, 5.41) is 0.309. The van der Waals surface area contributed by atoms with Gasteiger partial charge in [-0.1, -0.05) is 6.92 Å². The van der Waals surface area contributed by atoms with Gasteiger partial charge in [-0.2, -0.15) is 0 Å². The Morgan fingerprint density at radius 1 is 1.35 bits per heavy atom. The molecule has 20 heavy (non-hydrogen) atoms. The number of rotatable bonds is 3. The van der Waals surface area contributed by atoms with Crippen LogP contribution in [0.2, 0.25) is 0 Å². The third-order valence-corrected chi connectivity index (χ3v) is 4.80. The zero-order chi connectivity index (χ0) is 14.1. The van der Waals surface area contributed by atoms with Crippen LogP contribution in [0.15, 0.2) is 33.9 Å². The van der Waals surface area contributed by atoms with Crippen LogP contribution in [0.1, 0.15) is 12.6 Å². The standard InChI is InChI=1S/C13H11FN4S2/c1-2-8-11(14)12(17-6-16-8)20-13-18-9-4-3-7(15)5-10(9)19-13/h3-6H,2,15H2,1H3. The molecular weight excluding hydrogens is 295 g/mol. The number of fused-ring (bicyclic) bond motifs is 1. The first kappa shape index (κ1) is 13.3. The molecule has 2 heterocycles. The molecule has 1 aromatic carbocycles. The molecule has 4 nitrogen and oxygen atoms in total.